The minimum atomic E-state index is -0.776. The number of fused-ring (bicyclic) bond motifs is 1. The number of aromatic nitrogens is 2. The molecule has 0 atom stereocenters. The molecule has 1 amide bonds. The normalized spacial score (nSPS) is 10.6. The maximum absolute atomic E-state index is 12.4. The first-order valence-corrected chi connectivity index (χ1v) is 8.85. The number of carbonyl (C=O) groups excluding carboxylic acids is 2. The van der Waals surface area contributed by atoms with Crippen LogP contribution in [-0.4, -0.2) is 28.3 Å². The SMILES string of the molecule is Cc1ccc(NC(=O)COC(=O)c2nn(C)c(=O)c3ccccc23)cc1Br. The van der Waals surface area contributed by atoms with E-state index in [1.54, 1.807) is 36.4 Å². The molecule has 0 aliphatic heterocycles. The van der Waals surface area contributed by atoms with Gasteiger partial charge in [0.25, 0.3) is 11.5 Å². The third-order valence-electron chi connectivity index (χ3n) is 3.94. The summed E-state index contributed by atoms with van der Waals surface area (Å²) < 4.78 is 7.01. The number of ether oxygens (including phenoxy) is 1. The van der Waals surface area contributed by atoms with E-state index in [0.29, 0.717) is 16.5 Å². The fraction of sp³-hybridized carbons (Fsp3) is 0.158. The summed E-state index contributed by atoms with van der Waals surface area (Å²) in [5, 5.41) is 7.37. The molecule has 0 aliphatic carbocycles. The van der Waals surface area contributed by atoms with Gasteiger partial charge in [0.1, 0.15) is 0 Å². The van der Waals surface area contributed by atoms with E-state index in [0.717, 1.165) is 14.7 Å². The quantitative estimate of drug-likeness (QED) is 0.643. The Morgan fingerprint density at radius 3 is 2.59 bits per heavy atom. The fourth-order valence-electron chi connectivity index (χ4n) is 2.52. The molecule has 1 aromatic heterocycles. The molecule has 1 heterocycles. The number of hydrogen-bond donors (Lipinski definition) is 1. The molecule has 8 heteroatoms. The van der Waals surface area contributed by atoms with Crippen LogP contribution >= 0.6 is 15.9 Å². The van der Waals surface area contributed by atoms with Crippen molar-refractivity contribution < 1.29 is 14.3 Å². The summed E-state index contributed by atoms with van der Waals surface area (Å²) in [5.74, 6) is -1.25. The van der Waals surface area contributed by atoms with Gasteiger partial charge in [-0.3, -0.25) is 9.59 Å². The average molecular weight is 430 g/mol. The molecule has 2 aromatic carbocycles. The summed E-state index contributed by atoms with van der Waals surface area (Å²) in [4.78, 5) is 36.5. The van der Waals surface area contributed by atoms with E-state index in [9.17, 15) is 14.4 Å². The van der Waals surface area contributed by atoms with Gasteiger partial charge in [-0.2, -0.15) is 5.10 Å². The first-order chi connectivity index (χ1) is 12.9. The number of anilines is 1. The van der Waals surface area contributed by atoms with E-state index in [2.05, 4.69) is 26.3 Å². The first kappa shape index (κ1) is 18.8. The summed E-state index contributed by atoms with van der Waals surface area (Å²) in [6.45, 7) is 1.46. The molecular formula is C19H16BrN3O4. The van der Waals surface area contributed by atoms with Crippen LogP contribution in [0.15, 0.2) is 51.7 Å². The zero-order valence-corrected chi connectivity index (χ0v) is 16.2. The predicted molar refractivity (Wildman–Crippen MR) is 105 cm³/mol. The molecule has 0 saturated carbocycles. The first-order valence-electron chi connectivity index (χ1n) is 8.06. The number of nitrogens with one attached hydrogen (secondary N) is 1. The smallest absolute Gasteiger partial charge is 0.359 e. The van der Waals surface area contributed by atoms with Crippen LogP contribution in [-0.2, 0) is 16.6 Å². The number of esters is 1. The number of nitrogens with zero attached hydrogens (tertiary/aromatic N) is 2. The predicted octanol–water partition coefficient (Wildman–Crippen LogP) is 2.80. The van der Waals surface area contributed by atoms with Crippen molar-refractivity contribution in [1.82, 2.24) is 9.78 Å². The van der Waals surface area contributed by atoms with Crippen molar-refractivity contribution in [2.45, 2.75) is 6.92 Å². The highest BCUT2D eigenvalue weighted by atomic mass is 79.9. The minimum absolute atomic E-state index is 0.0152. The lowest BCUT2D eigenvalue weighted by atomic mass is 10.1. The molecule has 3 rings (SSSR count). The van der Waals surface area contributed by atoms with E-state index in [4.69, 9.17) is 4.74 Å². The monoisotopic (exact) mass is 429 g/mol. The summed E-state index contributed by atoms with van der Waals surface area (Å²) >= 11 is 3.39. The van der Waals surface area contributed by atoms with E-state index in [1.165, 1.54) is 7.05 Å². The van der Waals surface area contributed by atoms with Crippen molar-refractivity contribution in [3.63, 3.8) is 0 Å². The van der Waals surface area contributed by atoms with Crippen molar-refractivity contribution in [2.75, 3.05) is 11.9 Å². The Hall–Kier alpha value is -3.00. The third-order valence-corrected chi connectivity index (χ3v) is 4.79. The third kappa shape index (κ3) is 4.06. The Kier molecular flexibility index (Phi) is 5.36. The van der Waals surface area contributed by atoms with Crippen LogP contribution in [0.25, 0.3) is 10.8 Å². The highest BCUT2D eigenvalue weighted by Crippen LogP contribution is 2.20. The molecular weight excluding hydrogens is 414 g/mol. The summed E-state index contributed by atoms with van der Waals surface area (Å²) in [5.41, 5.74) is 1.29. The van der Waals surface area contributed by atoms with E-state index in [1.807, 2.05) is 13.0 Å². The van der Waals surface area contributed by atoms with Crippen LogP contribution in [0, 0.1) is 6.92 Å². The van der Waals surface area contributed by atoms with Gasteiger partial charge in [0, 0.05) is 22.6 Å². The Labute approximate surface area is 163 Å². The molecule has 0 saturated heterocycles. The lowest BCUT2D eigenvalue weighted by Gasteiger charge is -2.09. The lowest BCUT2D eigenvalue weighted by molar-refractivity contribution is -0.119. The zero-order chi connectivity index (χ0) is 19.6. The molecule has 3 aromatic rings. The van der Waals surface area contributed by atoms with Crippen LogP contribution in [0.5, 0.6) is 0 Å². The Morgan fingerprint density at radius 1 is 1.19 bits per heavy atom. The van der Waals surface area contributed by atoms with E-state index < -0.39 is 18.5 Å². The van der Waals surface area contributed by atoms with E-state index in [-0.39, 0.29) is 11.3 Å². The van der Waals surface area contributed by atoms with Crippen LogP contribution in [0.1, 0.15) is 16.1 Å². The van der Waals surface area contributed by atoms with Crippen molar-refractivity contribution in [1.29, 1.82) is 0 Å². The number of carbonyl (C=O) groups is 2. The number of halogens is 1. The molecule has 0 radical (unpaired) electrons. The van der Waals surface area contributed by atoms with Crippen LogP contribution < -0.4 is 10.9 Å². The maximum Gasteiger partial charge on any atom is 0.359 e. The second kappa shape index (κ2) is 7.71. The molecule has 0 aliphatic rings. The number of aryl methyl sites for hydroxylation is 2. The summed E-state index contributed by atoms with van der Waals surface area (Å²) in [7, 11) is 1.45. The molecule has 138 valence electrons. The summed E-state index contributed by atoms with van der Waals surface area (Å²) in [6, 6.07) is 12.0. The highest BCUT2D eigenvalue weighted by molar-refractivity contribution is 9.10. The van der Waals surface area contributed by atoms with Crippen molar-refractivity contribution in [3.8, 4) is 0 Å². The maximum atomic E-state index is 12.4. The van der Waals surface area contributed by atoms with Gasteiger partial charge in [-0.05, 0) is 30.7 Å². The zero-order valence-electron chi connectivity index (χ0n) is 14.7. The topological polar surface area (TPSA) is 90.3 Å². The van der Waals surface area contributed by atoms with Crippen molar-refractivity contribution in [3.05, 3.63) is 68.5 Å². The molecule has 0 bridgehead atoms. The van der Waals surface area contributed by atoms with Crippen LogP contribution in [0.4, 0.5) is 5.69 Å². The summed E-state index contributed by atoms with van der Waals surface area (Å²) in [6.07, 6.45) is 0. The Morgan fingerprint density at radius 2 is 1.89 bits per heavy atom. The van der Waals surface area contributed by atoms with Gasteiger partial charge in [-0.25, -0.2) is 9.48 Å². The van der Waals surface area contributed by atoms with Crippen molar-refractivity contribution >= 4 is 44.3 Å². The Bertz CT molecular complexity index is 1110. The molecule has 1 N–H and O–H groups in total. The second-order valence-electron chi connectivity index (χ2n) is 5.91. The van der Waals surface area contributed by atoms with Gasteiger partial charge < -0.3 is 10.1 Å². The van der Waals surface area contributed by atoms with Crippen LogP contribution in [0.3, 0.4) is 0 Å². The van der Waals surface area contributed by atoms with Gasteiger partial charge in [0.15, 0.2) is 12.3 Å². The van der Waals surface area contributed by atoms with Gasteiger partial charge in [-0.1, -0.05) is 40.2 Å². The lowest BCUT2D eigenvalue weighted by Crippen LogP contribution is -2.26. The second-order valence-corrected chi connectivity index (χ2v) is 6.77. The fourth-order valence-corrected chi connectivity index (χ4v) is 2.90. The van der Waals surface area contributed by atoms with Crippen LogP contribution in [0.2, 0.25) is 0 Å². The molecule has 0 fully saturated rings. The molecule has 0 unspecified atom stereocenters. The van der Waals surface area contributed by atoms with Gasteiger partial charge in [-0.15, -0.1) is 0 Å². The average Bonchev–Trinajstić information content (AvgIpc) is 2.66. The number of benzene rings is 2. The molecule has 27 heavy (non-hydrogen) atoms. The standard InChI is InChI=1S/C19H16BrN3O4/c1-11-7-8-12(9-15(11)20)21-16(24)10-27-19(26)17-13-5-3-4-6-14(13)18(25)23(2)22-17/h3-9H,10H2,1-2H3,(H,21,24). The molecule has 7 nitrogen and oxygen atoms in total. The minimum Gasteiger partial charge on any atom is -0.451 e. The van der Waals surface area contributed by atoms with Gasteiger partial charge in [0.05, 0.1) is 5.39 Å². The van der Waals surface area contributed by atoms with Gasteiger partial charge >= 0.3 is 5.97 Å². The van der Waals surface area contributed by atoms with Gasteiger partial charge in [0.2, 0.25) is 0 Å². The number of hydrogen-bond acceptors (Lipinski definition) is 5. The highest BCUT2D eigenvalue weighted by Gasteiger charge is 2.18. The molecule has 0 spiro atoms. The van der Waals surface area contributed by atoms with Crippen molar-refractivity contribution in [2.24, 2.45) is 7.05 Å². The van der Waals surface area contributed by atoms with E-state index >= 15 is 0 Å². The number of amides is 1. The number of rotatable bonds is 4. The Balaban J connectivity index is 1.73. The largest absolute Gasteiger partial charge is 0.451 e.